The van der Waals surface area contributed by atoms with Crippen LogP contribution in [-0.2, 0) is 21.4 Å². The smallest absolute Gasteiger partial charge is 0.410 e. The molecule has 0 saturated carbocycles. The molecule has 31 heavy (non-hydrogen) atoms. The number of amides is 1. The fraction of sp³-hybridized carbons (Fsp3) is 0.318. The Balaban J connectivity index is 2.02. The summed E-state index contributed by atoms with van der Waals surface area (Å²) in [7, 11) is -2.26. The van der Waals surface area contributed by atoms with Crippen LogP contribution in [0, 0.1) is 6.92 Å². The van der Waals surface area contributed by atoms with Crippen LogP contribution >= 0.6 is 0 Å². The molecule has 0 bridgehead atoms. The highest BCUT2D eigenvalue weighted by Gasteiger charge is 2.25. The normalized spacial score (nSPS) is 11.9. The molecule has 3 rings (SSSR count). The van der Waals surface area contributed by atoms with Crippen LogP contribution in [0.5, 0.6) is 0 Å². The fourth-order valence-electron chi connectivity index (χ4n) is 2.83. The van der Waals surface area contributed by atoms with Gasteiger partial charge >= 0.3 is 6.09 Å². The van der Waals surface area contributed by atoms with E-state index < -0.39 is 21.7 Å². The quantitative estimate of drug-likeness (QED) is 0.596. The van der Waals surface area contributed by atoms with E-state index in [-0.39, 0.29) is 11.5 Å². The van der Waals surface area contributed by atoms with Gasteiger partial charge in [0.25, 0.3) is 10.0 Å². The van der Waals surface area contributed by atoms with E-state index in [9.17, 15) is 13.2 Å². The minimum absolute atomic E-state index is 0.0596. The summed E-state index contributed by atoms with van der Waals surface area (Å²) in [6.45, 7) is 7.50. The highest BCUT2D eigenvalue weighted by molar-refractivity contribution is 7.90. The summed E-state index contributed by atoms with van der Waals surface area (Å²) in [5, 5.41) is 0. The number of carbonyl (C=O) groups is 1. The first kappa shape index (κ1) is 22.5. The molecule has 0 radical (unpaired) electrons. The first-order chi connectivity index (χ1) is 14.5. The van der Waals surface area contributed by atoms with Gasteiger partial charge in [-0.2, -0.15) is 0 Å². The van der Waals surface area contributed by atoms with Gasteiger partial charge in [0.05, 0.1) is 5.69 Å². The van der Waals surface area contributed by atoms with Crippen molar-refractivity contribution in [2.45, 2.75) is 44.7 Å². The summed E-state index contributed by atoms with van der Waals surface area (Å²) in [5.41, 5.74) is 2.11. The molecule has 0 aliphatic rings. The summed E-state index contributed by atoms with van der Waals surface area (Å²) in [6.07, 6.45) is 7.05. The van der Waals surface area contributed by atoms with Crippen molar-refractivity contribution < 1.29 is 17.9 Å². The maximum Gasteiger partial charge on any atom is 0.410 e. The average molecular weight is 443 g/mol. The van der Waals surface area contributed by atoms with Crippen LogP contribution in [0.4, 0.5) is 4.79 Å². The molecule has 8 nitrogen and oxygen atoms in total. The Kier molecular flexibility index (Phi) is 6.17. The van der Waals surface area contributed by atoms with E-state index >= 15 is 0 Å². The number of ether oxygens (including phenoxy) is 1. The predicted molar refractivity (Wildman–Crippen MR) is 117 cm³/mol. The van der Waals surface area contributed by atoms with Gasteiger partial charge in [-0.3, -0.25) is 9.97 Å². The van der Waals surface area contributed by atoms with Crippen molar-refractivity contribution in [1.82, 2.24) is 18.8 Å². The molecule has 3 heterocycles. The summed E-state index contributed by atoms with van der Waals surface area (Å²) in [4.78, 5) is 22.0. The Morgan fingerprint density at radius 2 is 1.87 bits per heavy atom. The molecule has 0 aliphatic heterocycles. The standard InChI is InChI=1S/C22H26N4O4S/c1-16-8-10-24-13-19(16)20-11-17(15-30-21(27)25(5)22(2,3)4)14-26(20)31(28,29)18-7-6-9-23-12-18/h6-14H,15H2,1-5H3. The molecule has 0 aliphatic carbocycles. The second-order valence-corrected chi connectivity index (χ2v) is 10.0. The first-order valence-electron chi connectivity index (χ1n) is 9.70. The average Bonchev–Trinajstić information content (AvgIpc) is 3.16. The van der Waals surface area contributed by atoms with Crippen LogP contribution < -0.4 is 0 Å². The third-order valence-electron chi connectivity index (χ3n) is 4.99. The van der Waals surface area contributed by atoms with Crippen molar-refractivity contribution >= 4 is 16.1 Å². The second kappa shape index (κ2) is 8.50. The van der Waals surface area contributed by atoms with Gasteiger partial charge in [0.15, 0.2) is 0 Å². The molecule has 0 saturated heterocycles. The van der Waals surface area contributed by atoms with E-state index in [1.807, 2.05) is 27.7 Å². The lowest BCUT2D eigenvalue weighted by Gasteiger charge is -2.30. The van der Waals surface area contributed by atoms with Crippen LogP contribution in [-0.4, -0.2) is 45.9 Å². The van der Waals surface area contributed by atoms with Crippen LogP contribution in [0.3, 0.4) is 0 Å². The van der Waals surface area contributed by atoms with Gasteiger partial charge < -0.3 is 9.64 Å². The van der Waals surface area contributed by atoms with Gasteiger partial charge in [-0.05, 0) is 57.5 Å². The Hall–Kier alpha value is -3.20. The summed E-state index contributed by atoms with van der Waals surface area (Å²) >= 11 is 0. The second-order valence-electron chi connectivity index (χ2n) is 8.20. The zero-order valence-corrected chi connectivity index (χ0v) is 19.0. The lowest BCUT2D eigenvalue weighted by Crippen LogP contribution is -2.42. The third kappa shape index (κ3) is 4.77. The van der Waals surface area contributed by atoms with Crippen molar-refractivity contribution in [2.75, 3.05) is 7.05 Å². The van der Waals surface area contributed by atoms with Gasteiger partial charge in [-0.1, -0.05) is 0 Å². The van der Waals surface area contributed by atoms with Gasteiger partial charge in [-0.15, -0.1) is 0 Å². The highest BCUT2D eigenvalue weighted by atomic mass is 32.2. The van der Waals surface area contributed by atoms with E-state index in [0.717, 1.165) is 5.56 Å². The number of nitrogens with zero attached hydrogens (tertiary/aromatic N) is 4. The zero-order chi connectivity index (χ0) is 22.8. The van der Waals surface area contributed by atoms with Crippen molar-refractivity contribution in [3.05, 3.63) is 66.4 Å². The van der Waals surface area contributed by atoms with Crippen LogP contribution in [0.1, 0.15) is 31.9 Å². The Morgan fingerprint density at radius 3 is 2.48 bits per heavy atom. The number of carbonyl (C=O) groups excluding carboxylic acids is 1. The van der Waals surface area contributed by atoms with Crippen LogP contribution in [0.25, 0.3) is 11.3 Å². The minimum atomic E-state index is -3.92. The van der Waals surface area contributed by atoms with E-state index in [1.165, 1.54) is 33.5 Å². The largest absolute Gasteiger partial charge is 0.444 e. The molecule has 3 aromatic heterocycles. The fourth-order valence-corrected chi connectivity index (χ4v) is 4.19. The Bertz CT molecular complexity index is 1180. The Labute approximate surface area is 182 Å². The minimum Gasteiger partial charge on any atom is -0.444 e. The van der Waals surface area contributed by atoms with E-state index in [4.69, 9.17) is 4.74 Å². The summed E-state index contributed by atoms with van der Waals surface area (Å²) < 4.78 is 33.2. The maximum absolute atomic E-state index is 13.3. The first-order valence-corrected chi connectivity index (χ1v) is 11.1. The van der Waals surface area contributed by atoms with Crippen molar-refractivity contribution in [3.8, 4) is 11.3 Å². The third-order valence-corrected chi connectivity index (χ3v) is 6.65. The van der Waals surface area contributed by atoms with Crippen molar-refractivity contribution in [2.24, 2.45) is 0 Å². The molecule has 0 fully saturated rings. The molecule has 0 spiro atoms. The lowest BCUT2D eigenvalue weighted by atomic mass is 10.1. The SMILES string of the molecule is Cc1ccncc1-c1cc(COC(=O)N(C)C(C)(C)C)cn1S(=O)(=O)c1cccnc1. The number of pyridine rings is 2. The Morgan fingerprint density at radius 1 is 1.16 bits per heavy atom. The van der Waals surface area contributed by atoms with E-state index in [1.54, 1.807) is 37.6 Å². The van der Waals surface area contributed by atoms with Gasteiger partial charge in [0, 0.05) is 54.7 Å². The molecule has 0 aromatic carbocycles. The summed E-state index contributed by atoms with van der Waals surface area (Å²) in [6, 6.07) is 6.56. The van der Waals surface area contributed by atoms with Gasteiger partial charge in [0.1, 0.15) is 11.5 Å². The number of hydrogen-bond acceptors (Lipinski definition) is 6. The van der Waals surface area contributed by atoms with Crippen molar-refractivity contribution in [3.63, 3.8) is 0 Å². The molecular weight excluding hydrogens is 416 g/mol. The highest BCUT2D eigenvalue weighted by Crippen LogP contribution is 2.29. The van der Waals surface area contributed by atoms with E-state index in [2.05, 4.69) is 9.97 Å². The predicted octanol–water partition coefficient (Wildman–Crippen LogP) is 3.86. The molecular formula is C22H26N4O4S. The molecule has 3 aromatic rings. The number of hydrogen-bond donors (Lipinski definition) is 0. The monoisotopic (exact) mass is 442 g/mol. The molecule has 0 atom stereocenters. The molecule has 164 valence electrons. The van der Waals surface area contributed by atoms with Crippen molar-refractivity contribution in [1.29, 1.82) is 0 Å². The number of aryl methyl sites for hydroxylation is 1. The topological polar surface area (TPSA) is 94.4 Å². The van der Waals surface area contributed by atoms with E-state index in [0.29, 0.717) is 16.8 Å². The van der Waals surface area contributed by atoms with Gasteiger partial charge in [0.2, 0.25) is 0 Å². The number of rotatable bonds is 5. The summed E-state index contributed by atoms with van der Waals surface area (Å²) in [5.74, 6) is 0. The zero-order valence-electron chi connectivity index (χ0n) is 18.2. The van der Waals surface area contributed by atoms with Gasteiger partial charge in [-0.25, -0.2) is 17.2 Å². The van der Waals surface area contributed by atoms with Crippen LogP contribution in [0.15, 0.2) is 60.1 Å². The molecule has 1 amide bonds. The maximum atomic E-state index is 13.3. The number of aromatic nitrogens is 3. The lowest BCUT2D eigenvalue weighted by molar-refractivity contribution is 0.0759. The molecule has 0 N–H and O–H groups in total. The van der Waals surface area contributed by atoms with Crippen LogP contribution in [0.2, 0.25) is 0 Å². The molecule has 9 heteroatoms. The molecule has 0 unspecified atom stereocenters.